The molecule has 1 unspecified atom stereocenters. The lowest BCUT2D eigenvalue weighted by Gasteiger charge is -2.43. The standard InChI is InChI=1S/C31H40ClN5O6/c1-41-26-15-24(33)23(32)14-22(26)31(40)35-25-9-12-37(17-28(25)42-2)18-29(38)34-21-5-3-19(4-6-21)13-30(39)43-27-16-36-10-7-20(27)8-11-36/h3-6,14-15,20,25,27-28H,7-13,16-18,33H2,1-2H3,(H,34,38)(H,35,40)/t25-,27?,28+/m1/s1. The van der Waals surface area contributed by atoms with E-state index >= 15 is 0 Å². The van der Waals surface area contributed by atoms with Gasteiger partial charge in [-0.1, -0.05) is 23.7 Å². The van der Waals surface area contributed by atoms with Gasteiger partial charge in [-0.25, -0.2) is 0 Å². The first kappa shape index (κ1) is 31.1. The van der Waals surface area contributed by atoms with Crippen LogP contribution in [0.25, 0.3) is 0 Å². The Labute approximate surface area is 256 Å². The zero-order valence-corrected chi connectivity index (χ0v) is 25.4. The smallest absolute Gasteiger partial charge is 0.310 e. The molecule has 12 heteroatoms. The van der Waals surface area contributed by atoms with Gasteiger partial charge < -0.3 is 30.6 Å². The number of nitrogens with two attached hydrogens (primary N) is 1. The molecule has 6 rings (SSSR count). The Hall–Kier alpha value is -3.38. The van der Waals surface area contributed by atoms with E-state index in [2.05, 4.69) is 15.5 Å². The van der Waals surface area contributed by atoms with Crippen molar-refractivity contribution in [3.63, 3.8) is 0 Å². The fraction of sp³-hybridized carbons (Fsp3) is 0.516. The van der Waals surface area contributed by atoms with E-state index < -0.39 is 0 Å². The van der Waals surface area contributed by atoms with Crippen LogP contribution in [0.5, 0.6) is 5.75 Å². The van der Waals surface area contributed by atoms with Crippen molar-refractivity contribution in [1.29, 1.82) is 0 Å². The van der Waals surface area contributed by atoms with Crippen LogP contribution in [0.15, 0.2) is 36.4 Å². The average Bonchev–Trinajstić information content (AvgIpc) is 3.00. The first-order valence-corrected chi connectivity index (χ1v) is 15.1. The molecule has 0 aromatic heterocycles. The summed E-state index contributed by atoms with van der Waals surface area (Å²) in [4.78, 5) is 42.7. The first-order valence-electron chi connectivity index (χ1n) is 14.7. The van der Waals surface area contributed by atoms with E-state index in [0.717, 1.165) is 38.0 Å². The number of ether oxygens (including phenoxy) is 3. The Morgan fingerprint density at radius 2 is 1.74 bits per heavy atom. The van der Waals surface area contributed by atoms with Crippen molar-refractivity contribution < 1.29 is 28.6 Å². The molecule has 4 fully saturated rings. The van der Waals surface area contributed by atoms with Crippen molar-refractivity contribution >= 4 is 40.8 Å². The minimum absolute atomic E-state index is 0.000979. The van der Waals surface area contributed by atoms with Crippen LogP contribution < -0.4 is 21.1 Å². The molecule has 11 nitrogen and oxygen atoms in total. The third-order valence-electron chi connectivity index (χ3n) is 8.66. The molecule has 4 N–H and O–H groups in total. The molecule has 3 atom stereocenters. The Bertz CT molecular complexity index is 1320. The molecule has 4 aliphatic rings. The second-order valence-corrected chi connectivity index (χ2v) is 11.9. The number of fused-ring (bicyclic) bond motifs is 3. The zero-order chi connectivity index (χ0) is 30.5. The number of piperidine rings is 4. The van der Waals surface area contributed by atoms with Gasteiger partial charge in [-0.05, 0) is 62.0 Å². The van der Waals surface area contributed by atoms with Gasteiger partial charge in [-0.2, -0.15) is 0 Å². The summed E-state index contributed by atoms with van der Waals surface area (Å²) in [5, 5.41) is 6.21. The summed E-state index contributed by atoms with van der Waals surface area (Å²) < 4.78 is 16.8. The van der Waals surface area contributed by atoms with E-state index in [1.165, 1.54) is 19.2 Å². The quantitative estimate of drug-likeness (QED) is 0.273. The molecule has 4 aliphatic heterocycles. The SMILES string of the molecule is COc1cc(N)c(Cl)cc1C(=O)N[C@@H]1CCN(CC(=O)Nc2ccc(CC(=O)OC3CN4CCC3CC4)cc2)C[C@@H]1OC. The minimum Gasteiger partial charge on any atom is -0.496 e. The predicted molar refractivity (Wildman–Crippen MR) is 163 cm³/mol. The number of carbonyl (C=O) groups excluding carboxylic acids is 3. The van der Waals surface area contributed by atoms with Crippen LogP contribution in [0, 0.1) is 5.92 Å². The highest BCUT2D eigenvalue weighted by Gasteiger charge is 2.36. The molecule has 4 saturated heterocycles. The van der Waals surface area contributed by atoms with Gasteiger partial charge in [0.1, 0.15) is 11.9 Å². The van der Waals surface area contributed by atoms with Crippen LogP contribution in [0.2, 0.25) is 5.02 Å². The summed E-state index contributed by atoms with van der Waals surface area (Å²) in [6.07, 6.45) is 2.68. The van der Waals surface area contributed by atoms with Crippen LogP contribution in [0.1, 0.15) is 35.2 Å². The van der Waals surface area contributed by atoms with Gasteiger partial charge in [-0.15, -0.1) is 0 Å². The van der Waals surface area contributed by atoms with Crippen molar-refractivity contribution in [2.45, 2.75) is 43.9 Å². The lowest BCUT2D eigenvalue weighted by atomic mass is 9.86. The molecule has 232 valence electrons. The highest BCUT2D eigenvalue weighted by atomic mass is 35.5. The number of nitrogen functional groups attached to an aromatic ring is 1. The Kier molecular flexibility index (Phi) is 10.1. The third kappa shape index (κ3) is 7.77. The molecule has 2 bridgehead atoms. The molecule has 2 aromatic carbocycles. The fourth-order valence-electron chi connectivity index (χ4n) is 6.22. The molecular formula is C31H40ClN5O6. The highest BCUT2D eigenvalue weighted by molar-refractivity contribution is 6.33. The second kappa shape index (κ2) is 13.9. The summed E-state index contributed by atoms with van der Waals surface area (Å²) >= 11 is 6.13. The van der Waals surface area contributed by atoms with Crippen molar-refractivity contribution in [2.75, 3.05) is 64.5 Å². The molecule has 2 amide bonds. The number of hydrogen-bond donors (Lipinski definition) is 3. The third-order valence-corrected chi connectivity index (χ3v) is 8.99. The second-order valence-electron chi connectivity index (χ2n) is 11.5. The predicted octanol–water partition coefficient (Wildman–Crippen LogP) is 2.57. The van der Waals surface area contributed by atoms with Gasteiger partial charge in [0, 0.05) is 38.5 Å². The average molecular weight is 614 g/mol. The van der Waals surface area contributed by atoms with E-state index in [1.807, 2.05) is 17.0 Å². The molecular weight excluding hydrogens is 574 g/mol. The molecule has 4 heterocycles. The van der Waals surface area contributed by atoms with E-state index in [-0.39, 0.29) is 59.6 Å². The van der Waals surface area contributed by atoms with E-state index in [0.29, 0.717) is 42.6 Å². The summed E-state index contributed by atoms with van der Waals surface area (Å²) in [6, 6.07) is 10.0. The van der Waals surface area contributed by atoms with Gasteiger partial charge in [0.2, 0.25) is 5.91 Å². The van der Waals surface area contributed by atoms with E-state index in [9.17, 15) is 14.4 Å². The largest absolute Gasteiger partial charge is 0.496 e. The van der Waals surface area contributed by atoms with Gasteiger partial charge in [-0.3, -0.25) is 24.2 Å². The Balaban J connectivity index is 1.07. The monoisotopic (exact) mass is 613 g/mol. The molecule has 0 saturated carbocycles. The van der Waals surface area contributed by atoms with Gasteiger partial charge in [0.25, 0.3) is 5.91 Å². The van der Waals surface area contributed by atoms with Crippen LogP contribution in [-0.2, 0) is 25.5 Å². The Morgan fingerprint density at radius 1 is 1.00 bits per heavy atom. The highest BCUT2D eigenvalue weighted by Crippen LogP contribution is 2.30. The van der Waals surface area contributed by atoms with Crippen LogP contribution >= 0.6 is 11.6 Å². The normalized spacial score (nSPS) is 25.1. The topological polar surface area (TPSA) is 135 Å². The van der Waals surface area contributed by atoms with Crippen molar-refractivity contribution in [3.8, 4) is 5.75 Å². The van der Waals surface area contributed by atoms with E-state index in [1.54, 1.807) is 19.2 Å². The summed E-state index contributed by atoms with van der Waals surface area (Å²) in [5.41, 5.74) is 7.95. The van der Waals surface area contributed by atoms with Gasteiger partial charge >= 0.3 is 5.97 Å². The van der Waals surface area contributed by atoms with Crippen LogP contribution in [0.3, 0.4) is 0 Å². The minimum atomic E-state index is -0.340. The lowest BCUT2D eigenvalue weighted by molar-refractivity contribution is -0.157. The summed E-state index contributed by atoms with van der Waals surface area (Å²) in [5.74, 6) is 0.105. The number of nitrogens with one attached hydrogen (secondary N) is 2. The number of rotatable bonds is 10. The maximum absolute atomic E-state index is 13.0. The van der Waals surface area contributed by atoms with Crippen molar-refractivity contribution in [1.82, 2.24) is 15.1 Å². The zero-order valence-electron chi connectivity index (χ0n) is 24.6. The maximum Gasteiger partial charge on any atom is 0.310 e. The number of amides is 2. The van der Waals surface area contributed by atoms with Crippen LogP contribution in [0.4, 0.5) is 11.4 Å². The number of anilines is 2. The number of hydrogen-bond acceptors (Lipinski definition) is 9. The van der Waals surface area contributed by atoms with Gasteiger partial charge in [0.05, 0.1) is 48.5 Å². The number of methoxy groups -OCH3 is 2. The molecule has 0 aliphatic carbocycles. The number of likely N-dealkylation sites (tertiary alicyclic amines) is 1. The van der Waals surface area contributed by atoms with Crippen molar-refractivity contribution in [3.05, 3.63) is 52.5 Å². The lowest BCUT2D eigenvalue weighted by Crippen LogP contribution is -2.55. The maximum atomic E-state index is 13.0. The first-order chi connectivity index (χ1) is 20.7. The molecule has 2 aromatic rings. The van der Waals surface area contributed by atoms with Crippen molar-refractivity contribution in [2.24, 2.45) is 5.92 Å². The Morgan fingerprint density at radius 3 is 2.40 bits per heavy atom. The molecule has 0 radical (unpaired) electrons. The summed E-state index contributed by atoms with van der Waals surface area (Å²) in [7, 11) is 3.05. The van der Waals surface area contributed by atoms with Gasteiger partial charge in [0.15, 0.2) is 0 Å². The number of nitrogens with zero attached hydrogens (tertiary/aromatic N) is 2. The number of esters is 1. The fourth-order valence-corrected chi connectivity index (χ4v) is 6.38. The molecule has 0 spiro atoms. The molecule has 43 heavy (non-hydrogen) atoms. The van der Waals surface area contributed by atoms with Crippen LogP contribution in [-0.4, -0.2) is 99.3 Å². The van der Waals surface area contributed by atoms with E-state index in [4.69, 9.17) is 31.5 Å². The summed E-state index contributed by atoms with van der Waals surface area (Å²) in [6.45, 7) is 4.29. The number of halogens is 1. The number of benzene rings is 2. The number of carbonyl (C=O) groups is 3.